The standard InChI is InChI=1S/C28H30N2/c1-4-27(30-21(3)24-15-14-23-12-8-9-13-25(23)17-24)16-20(2)28-18-26(19-29-28)22-10-6-5-7-11-22/h5-15,17,19-20,27,30H,3-4,16,18H2,1-2H3. The third kappa shape index (κ3) is 4.54. The van der Waals surface area contributed by atoms with Crippen LogP contribution in [0.2, 0.25) is 0 Å². The monoisotopic (exact) mass is 394 g/mol. The van der Waals surface area contributed by atoms with Gasteiger partial charge >= 0.3 is 0 Å². The lowest BCUT2D eigenvalue weighted by Crippen LogP contribution is -2.30. The lowest BCUT2D eigenvalue weighted by atomic mass is 9.91. The van der Waals surface area contributed by atoms with Gasteiger partial charge in [-0.3, -0.25) is 4.99 Å². The third-order valence-electron chi connectivity index (χ3n) is 6.08. The van der Waals surface area contributed by atoms with Gasteiger partial charge in [-0.15, -0.1) is 0 Å². The fourth-order valence-electron chi connectivity index (χ4n) is 4.17. The smallest absolute Gasteiger partial charge is 0.0343 e. The van der Waals surface area contributed by atoms with Crippen molar-refractivity contribution in [2.24, 2.45) is 10.9 Å². The van der Waals surface area contributed by atoms with Crippen molar-refractivity contribution in [3.63, 3.8) is 0 Å². The highest BCUT2D eigenvalue weighted by atomic mass is 14.9. The van der Waals surface area contributed by atoms with Gasteiger partial charge in [-0.1, -0.05) is 87.2 Å². The van der Waals surface area contributed by atoms with Crippen molar-refractivity contribution < 1.29 is 0 Å². The molecule has 1 aliphatic rings. The minimum Gasteiger partial charge on any atom is -0.382 e. The topological polar surface area (TPSA) is 24.4 Å². The van der Waals surface area contributed by atoms with Crippen LogP contribution in [-0.2, 0) is 0 Å². The predicted octanol–water partition coefficient (Wildman–Crippen LogP) is 7.09. The van der Waals surface area contributed by atoms with Crippen LogP contribution in [-0.4, -0.2) is 11.8 Å². The van der Waals surface area contributed by atoms with Gasteiger partial charge in [-0.05, 0) is 52.3 Å². The van der Waals surface area contributed by atoms with Crippen molar-refractivity contribution in [1.82, 2.24) is 5.32 Å². The van der Waals surface area contributed by atoms with Crippen molar-refractivity contribution in [2.45, 2.75) is 39.2 Å². The summed E-state index contributed by atoms with van der Waals surface area (Å²) in [5.74, 6) is 0.435. The van der Waals surface area contributed by atoms with Crippen LogP contribution in [0, 0.1) is 5.92 Å². The summed E-state index contributed by atoms with van der Waals surface area (Å²) in [6.07, 6.45) is 5.11. The SMILES string of the molecule is C=C(NC(CC)CC(C)C1=NC=C(c2ccccc2)C1)c1ccc2ccccc2c1. The fraction of sp³-hybridized carbons (Fsp3) is 0.250. The molecule has 2 atom stereocenters. The molecule has 3 aromatic rings. The van der Waals surface area contributed by atoms with E-state index in [1.54, 1.807) is 0 Å². The summed E-state index contributed by atoms with van der Waals surface area (Å²) in [4.78, 5) is 4.76. The molecule has 2 unspecified atom stereocenters. The molecule has 30 heavy (non-hydrogen) atoms. The van der Waals surface area contributed by atoms with E-state index < -0.39 is 0 Å². The first kappa shape index (κ1) is 20.2. The average molecular weight is 395 g/mol. The van der Waals surface area contributed by atoms with Crippen LogP contribution in [0.25, 0.3) is 22.0 Å². The summed E-state index contributed by atoms with van der Waals surface area (Å²) >= 11 is 0. The first-order valence-corrected chi connectivity index (χ1v) is 10.9. The molecule has 2 nitrogen and oxygen atoms in total. The summed E-state index contributed by atoms with van der Waals surface area (Å²) < 4.78 is 0. The van der Waals surface area contributed by atoms with Gasteiger partial charge < -0.3 is 5.32 Å². The molecule has 0 saturated heterocycles. The van der Waals surface area contributed by atoms with Crippen molar-refractivity contribution in [2.75, 3.05) is 0 Å². The van der Waals surface area contributed by atoms with Crippen LogP contribution >= 0.6 is 0 Å². The van der Waals surface area contributed by atoms with Gasteiger partial charge in [0.2, 0.25) is 0 Å². The Morgan fingerprint density at radius 3 is 2.50 bits per heavy atom. The molecule has 4 rings (SSSR count). The second-order valence-electron chi connectivity index (χ2n) is 8.24. The second-order valence-corrected chi connectivity index (χ2v) is 8.24. The van der Waals surface area contributed by atoms with Gasteiger partial charge in [0.1, 0.15) is 0 Å². The van der Waals surface area contributed by atoms with E-state index in [1.807, 2.05) is 6.20 Å². The van der Waals surface area contributed by atoms with Gasteiger partial charge in [-0.2, -0.15) is 0 Å². The summed E-state index contributed by atoms with van der Waals surface area (Å²) in [5.41, 5.74) is 6.03. The molecule has 0 fully saturated rings. The van der Waals surface area contributed by atoms with Crippen LogP contribution in [0.15, 0.2) is 90.6 Å². The molecular formula is C28H30N2. The van der Waals surface area contributed by atoms with Crippen molar-refractivity contribution in [3.8, 4) is 0 Å². The molecule has 1 heterocycles. The molecule has 1 N–H and O–H groups in total. The highest BCUT2D eigenvalue weighted by Gasteiger charge is 2.21. The molecule has 1 aliphatic heterocycles. The number of nitrogens with one attached hydrogen (secondary N) is 1. The van der Waals surface area contributed by atoms with E-state index in [-0.39, 0.29) is 0 Å². The van der Waals surface area contributed by atoms with E-state index in [9.17, 15) is 0 Å². The largest absolute Gasteiger partial charge is 0.382 e. The molecule has 0 aliphatic carbocycles. The quantitative estimate of drug-likeness (QED) is 0.433. The van der Waals surface area contributed by atoms with Crippen LogP contribution in [0.1, 0.15) is 44.2 Å². The fourth-order valence-corrected chi connectivity index (χ4v) is 4.17. The summed E-state index contributed by atoms with van der Waals surface area (Å²) in [5, 5.41) is 6.19. The zero-order valence-corrected chi connectivity index (χ0v) is 17.9. The number of hydrogen-bond donors (Lipinski definition) is 1. The molecular weight excluding hydrogens is 364 g/mol. The molecule has 0 radical (unpaired) electrons. The first-order valence-electron chi connectivity index (χ1n) is 10.9. The molecule has 0 amide bonds. The summed E-state index contributed by atoms with van der Waals surface area (Å²) in [6.45, 7) is 8.86. The highest BCUT2D eigenvalue weighted by Crippen LogP contribution is 2.28. The summed E-state index contributed by atoms with van der Waals surface area (Å²) in [6, 6.07) is 26.0. The van der Waals surface area contributed by atoms with Crippen molar-refractivity contribution in [3.05, 3.63) is 96.7 Å². The lowest BCUT2D eigenvalue weighted by Gasteiger charge is -2.24. The zero-order valence-electron chi connectivity index (χ0n) is 17.9. The maximum atomic E-state index is 4.76. The van der Waals surface area contributed by atoms with Crippen LogP contribution in [0.4, 0.5) is 0 Å². The van der Waals surface area contributed by atoms with E-state index >= 15 is 0 Å². The Morgan fingerprint density at radius 2 is 1.73 bits per heavy atom. The highest BCUT2D eigenvalue weighted by molar-refractivity contribution is 5.99. The van der Waals surface area contributed by atoms with Crippen LogP contribution in [0.3, 0.4) is 0 Å². The Balaban J connectivity index is 1.36. The number of fused-ring (bicyclic) bond motifs is 1. The second kappa shape index (κ2) is 9.13. The van der Waals surface area contributed by atoms with E-state index in [0.717, 1.165) is 30.5 Å². The van der Waals surface area contributed by atoms with E-state index in [4.69, 9.17) is 4.99 Å². The minimum atomic E-state index is 0.377. The number of benzene rings is 3. The van der Waals surface area contributed by atoms with Crippen molar-refractivity contribution in [1.29, 1.82) is 0 Å². The number of nitrogens with zero attached hydrogens (tertiary/aromatic N) is 1. The third-order valence-corrected chi connectivity index (χ3v) is 6.08. The molecule has 0 bridgehead atoms. The predicted molar refractivity (Wildman–Crippen MR) is 130 cm³/mol. The molecule has 0 aromatic heterocycles. The minimum absolute atomic E-state index is 0.377. The number of aliphatic imine (C=N–C) groups is 1. The van der Waals surface area contributed by atoms with E-state index in [1.165, 1.54) is 27.6 Å². The molecule has 152 valence electrons. The Hall–Kier alpha value is -3.13. The molecule has 0 saturated carbocycles. The first-order chi connectivity index (χ1) is 14.6. The molecule has 2 heteroatoms. The van der Waals surface area contributed by atoms with Gasteiger partial charge in [-0.25, -0.2) is 0 Å². The Kier molecular flexibility index (Phi) is 6.13. The van der Waals surface area contributed by atoms with Gasteiger partial charge in [0, 0.05) is 30.1 Å². The number of allylic oxidation sites excluding steroid dienone is 1. The molecule has 0 spiro atoms. The van der Waals surface area contributed by atoms with Crippen LogP contribution < -0.4 is 5.32 Å². The zero-order chi connectivity index (χ0) is 20.9. The van der Waals surface area contributed by atoms with Crippen LogP contribution in [0.5, 0.6) is 0 Å². The Morgan fingerprint density at radius 1 is 1.00 bits per heavy atom. The summed E-state index contributed by atoms with van der Waals surface area (Å²) in [7, 11) is 0. The maximum absolute atomic E-state index is 4.76. The Bertz CT molecular complexity index is 1090. The number of hydrogen-bond acceptors (Lipinski definition) is 2. The van der Waals surface area contributed by atoms with Gasteiger partial charge in [0.05, 0.1) is 0 Å². The lowest BCUT2D eigenvalue weighted by molar-refractivity contribution is 0.489. The van der Waals surface area contributed by atoms with E-state index in [0.29, 0.717) is 12.0 Å². The normalized spacial score (nSPS) is 15.4. The van der Waals surface area contributed by atoms with E-state index in [2.05, 4.69) is 98.5 Å². The molecule has 3 aromatic carbocycles. The number of rotatable bonds is 8. The maximum Gasteiger partial charge on any atom is 0.0343 e. The average Bonchev–Trinajstić information content (AvgIpc) is 3.29. The van der Waals surface area contributed by atoms with Gasteiger partial charge in [0.15, 0.2) is 0 Å². The van der Waals surface area contributed by atoms with Crippen molar-refractivity contribution >= 4 is 27.8 Å². The van der Waals surface area contributed by atoms with Gasteiger partial charge in [0.25, 0.3) is 0 Å². The Labute approximate surface area is 180 Å².